The summed E-state index contributed by atoms with van der Waals surface area (Å²) >= 11 is 3.32. The van der Waals surface area contributed by atoms with Crippen LogP contribution in [-0.2, 0) is 11.3 Å². The Balaban J connectivity index is 1.94. The van der Waals surface area contributed by atoms with Crippen LogP contribution in [0.15, 0.2) is 28.7 Å². The van der Waals surface area contributed by atoms with Gasteiger partial charge in [-0.1, -0.05) is 28.1 Å². The molecule has 1 aliphatic rings. The van der Waals surface area contributed by atoms with Crippen molar-refractivity contribution in [2.75, 3.05) is 6.54 Å². The van der Waals surface area contributed by atoms with Crippen molar-refractivity contribution in [1.82, 2.24) is 10.2 Å². The Morgan fingerprint density at radius 1 is 1.35 bits per heavy atom. The number of benzene rings is 1. The summed E-state index contributed by atoms with van der Waals surface area (Å²) in [5, 5.41) is 21.2. The minimum atomic E-state index is -1.19. The maximum absolute atomic E-state index is 12.0. The fourth-order valence-corrected chi connectivity index (χ4v) is 2.45. The number of nitrogens with one attached hydrogen (secondary N) is 1. The number of rotatable bonds is 3. The van der Waals surface area contributed by atoms with E-state index in [9.17, 15) is 14.7 Å². The molecule has 3 N–H and O–H groups in total. The summed E-state index contributed by atoms with van der Waals surface area (Å²) in [5.41, 5.74) is 0.918. The molecule has 1 heterocycles. The highest BCUT2D eigenvalue weighted by Crippen LogP contribution is 2.18. The van der Waals surface area contributed by atoms with Crippen LogP contribution >= 0.6 is 15.9 Å². The Hall–Kier alpha value is -1.60. The molecule has 0 saturated carbocycles. The Bertz CT molecular complexity index is 506. The van der Waals surface area contributed by atoms with Gasteiger partial charge in [-0.15, -0.1) is 0 Å². The summed E-state index contributed by atoms with van der Waals surface area (Å²) in [7, 11) is 0. The lowest BCUT2D eigenvalue weighted by Crippen LogP contribution is -2.45. The molecule has 108 valence electrons. The molecule has 7 heteroatoms. The van der Waals surface area contributed by atoms with E-state index in [0.717, 1.165) is 14.9 Å². The molecule has 0 radical (unpaired) electrons. The van der Waals surface area contributed by atoms with E-state index >= 15 is 0 Å². The Labute approximate surface area is 124 Å². The van der Waals surface area contributed by atoms with Gasteiger partial charge in [0.25, 0.3) is 0 Å². The second-order valence-corrected chi connectivity index (χ2v) is 5.60. The van der Waals surface area contributed by atoms with Crippen LogP contribution in [0.1, 0.15) is 12.0 Å². The number of aliphatic hydroxyl groups is 1. The third-order valence-electron chi connectivity index (χ3n) is 3.21. The average Bonchev–Trinajstić information content (AvgIpc) is 2.80. The summed E-state index contributed by atoms with van der Waals surface area (Å²) in [6, 6.07) is 6.64. The monoisotopic (exact) mass is 342 g/mol. The van der Waals surface area contributed by atoms with Crippen molar-refractivity contribution >= 4 is 27.9 Å². The third-order valence-corrected chi connectivity index (χ3v) is 3.74. The normalized spacial score (nSPS) is 21.8. The lowest BCUT2D eigenvalue weighted by Gasteiger charge is -2.20. The summed E-state index contributed by atoms with van der Waals surface area (Å²) in [6.07, 6.45) is -1.83. The highest BCUT2D eigenvalue weighted by atomic mass is 79.9. The third kappa shape index (κ3) is 3.49. The molecular weight excluding hydrogens is 328 g/mol. The number of likely N-dealkylation sites (tertiary alicyclic amines) is 1. The number of nitrogens with zero attached hydrogens (tertiary/aromatic N) is 1. The first-order valence-corrected chi connectivity index (χ1v) is 6.96. The first-order chi connectivity index (χ1) is 9.47. The van der Waals surface area contributed by atoms with Crippen molar-refractivity contribution < 1.29 is 19.8 Å². The van der Waals surface area contributed by atoms with Crippen LogP contribution in [0.3, 0.4) is 0 Å². The topological polar surface area (TPSA) is 89.9 Å². The Morgan fingerprint density at radius 2 is 2.00 bits per heavy atom. The van der Waals surface area contributed by atoms with Gasteiger partial charge in [-0.05, 0) is 17.7 Å². The Morgan fingerprint density at radius 3 is 2.60 bits per heavy atom. The number of hydrogen-bond acceptors (Lipinski definition) is 3. The lowest BCUT2D eigenvalue weighted by molar-refractivity contribution is -0.125. The van der Waals surface area contributed by atoms with Crippen molar-refractivity contribution in [2.24, 2.45) is 0 Å². The number of β-amino-alcohol motifs (C(OH)–C–C–N with tert-alkyl or cyclic N) is 1. The van der Waals surface area contributed by atoms with Crippen LogP contribution in [0.5, 0.6) is 0 Å². The van der Waals surface area contributed by atoms with Gasteiger partial charge in [0.15, 0.2) is 0 Å². The fourth-order valence-electron chi connectivity index (χ4n) is 2.18. The van der Waals surface area contributed by atoms with Gasteiger partial charge in [-0.25, -0.2) is 4.79 Å². The number of halogens is 1. The van der Waals surface area contributed by atoms with Gasteiger partial charge in [0.05, 0.1) is 12.6 Å². The molecule has 2 rings (SSSR count). The van der Waals surface area contributed by atoms with Crippen molar-refractivity contribution in [3.8, 4) is 0 Å². The number of hydrogen-bond donors (Lipinski definition) is 3. The number of amides is 2. The minimum absolute atomic E-state index is 0.0221. The second kappa shape index (κ2) is 6.23. The lowest BCUT2D eigenvalue weighted by atomic mass is 10.1. The molecule has 1 aromatic carbocycles. The van der Waals surface area contributed by atoms with E-state index < -0.39 is 18.2 Å². The standard InChI is InChI=1S/C13H15BrN2O4/c14-9-3-1-8(2-4-9)6-15-12(18)11-5-10(17)7-16(11)13(19)20/h1-4,10-11,17H,5-7H2,(H,15,18)(H,19,20). The Kier molecular flexibility index (Phi) is 4.61. The molecule has 2 unspecified atom stereocenters. The molecule has 20 heavy (non-hydrogen) atoms. The first kappa shape index (κ1) is 14.8. The SMILES string of the molecule is O=C(NCc1ccc(Br)cc1)C1CC(O)CN1C(=O)O. The number of aliphatic hydroxyl groups excluding tert-OH is 1. The molecule has 0 bridgehead atoms. The van der Waals surface area contributed by atoms with Gasteiger partial charge in [0, 0.05) is 17.4 Å². The molecule has 2 atom stereocenters. The van der Waals surface area contributed by atoms with Gasteiger partial charge in [0.2, 0.25) is 5.91 Å². The van der Waals surface area contributed by atoms with Gasteiger partial charge in [-0.2, -0.15) is 0 Å². The van der Waals surface area contributed by atoms with Gasteiger partial charge < -0.3 is 15.5 Å². The van der Waals surface area contributed by atoms with E-state index in [1.54, 1.807) is 0 Å². The molecule has 0 aliphatic carbocycles. The van der Waals surface area contributed by atoms with Crippen LogP contribution < -0.4 is 5.32 Å². The molecule has 6 nitrogen and oxygen atoms in total. The van der Waals surface area contributed by atoms with Crippen molar-refractivity contribution in [1.29, 1.82) is 0 Å². The average molecular weight is 343 g/mol. The number of carboxylic acid groups (broad SMARTS) is 1. The van der Waals surface area contributed by atoms with E-state index in [4.69, 9.17) is 5.11 Å². The van der Waals surface area contributed by atoms with Gasteiger partial charge >= 0.3 is 6.09 Å². The molecule has 0 aromatic heterocycles. The largest absolute Gasteiger partial charge is 0.465 e. The molecule has 0 spiro atoms. The van der Waals surface area contributed by atoms with Crippen LogP contribution in [0.25, 0.3) is 0 Å². The second-order valence-electron chi connectivity index (χ2n) is 4.68. The molecule has 1 fully saturated rings. The predicted molar refractivity (Wildman–Crippen MR) is 75.1 cm³/mol. The van der Waals surface area contributed by atoms with Crippen molar-refractivity contribution in [3.05, 3.63) is 34.3 Å². The smallest absolute Gasteiger partial charge is 0.408 e. The van der Waals surface area contributed by atoms with E-state index in [0.29, 0.717) is 6.54 Å². The zero-order valence-corrected chi connectivity index (χ0v) is 12.2. The van der Waals surface area contributed by atoms with Crippen LogP contribution in [-0.4, -0.2) is 45.8 Å². The van der Waals surface area contributed by atoms with Crippen molar-refractivity contribution in [3.63, 3.8) is 0 Å². The molecule has 1 aliphatic heterocycles. The summed E-state index contributed by atoms with van der Waals surface area (Å²) in [6.45, 7) is 0.303. The first-order valence-electron chi connectivity index (χ1n) is 6.17. The maximum Gasteiger partial charge on any atom is 0.408 e. The zero-order valence-electron chi connectivity index (χ0n) is 10.6. The summed E-state index contributed by atoms with van der Waals surface area (Å²) < 4.78 is 0.948. The van der Waals surface area contributed by atoms with Crippen molar-refractivity contribution in [2.45, 2.75) is 25.1 Å². The van der Waals surface area contributed by atoms with Gasteiger partial charge in [-0.3, -0.25) is 9.69 Å². The highest BCUT2D eigenvalue weighted by molar-refractivity contribution is 9.10. The quantitative estimate of drug-likeness (QED) is 0.769. The molecule has 1 aromatic rings. The van der Waals surface area contributed by atoms with E-state index in [-0.39, 0.29) is 18.9 Å². The fraction of sp³-hybridized carbons (Fsp3) is 0.385. The molecular formula is C13H15BrN2O4. The maximum atomic E-state index is 12.0. The van der Waals surface area contributed by atoms with E-state index in [1.807, 2.05) is 24.3 Å². The summed E-state index contributed by atoms with van der Waals surface area (Å²) in [4.78, 5) is 24.0. The highest BCUT2D eigenvalue weighted by Gasteiger charge is 2.38. The summed E-state index contributed by atoms with van der Waals surface area (Å²) in [5.74, 6) is -0.383. The van der Waals surface area contributed by atoms with E-state index in [1.165, 1.54) is 0 Å². The van der Waals surface area contributed by atoms with Gasteiger partial charge in [0.1, 0.15) is 6.04 Å². The van der Waals surface area contributed by atoms with E-state index in [2.05, 4.69) is 21.2 Å². The molecule has 2 amide bonds. The van der Waals surface area contributed by atoms with Crippen LogP contribution in [0, 0.1) is 0 Å². The van der Waals surface area contributed by atoms with Crippen LogP contribution in [0.4, 0.5) is 4.79 Å². The zero-order chi connectivity index (χ0) is 14.7. The minimum Gasteiger partial charge on any atom is -0.465 e. The molecule has 1 saturated heterocycles. The number of carbonyl (C=O) groups excluding carboxylic acids is 1. The predicted octanol–water partition coefficient (Wildman–Crippen LogP) is 1.18. The van der Waals surface area contributed by atoms with Crippen LogP contribution in [0.2, 0.25) is 0 Å². The number of carbonyl (C=O) groups is 2.